The van der Waals surface area contributed by atoms with Gasteiger partial charge < -0.3 is 9.73 Å². The molecule has 0 bridgehead atoms. The number of nitrogens with zero attached hydrogens (tertiary/aromatic N) is 1. The third-order valence-corrected chi connectivity index (χ3v) is 4.93. The monoisotopic (exact) mass is 385 g/mol. The maximum Gasteiger partial charge on any atom is 0.238 e. The van der Waals surface area contributed by atoms with E-state index in [-0.39, 0.29) is 23.3 Å². The van der Waals surface area contributed by atoms with E-state index in [4.69, 9.17) is 9.56 Å². The van der Waals surface area contributed by atoms with Gasteiger partial charge >= 0.3 is 0 Å². The first-order chi connectivity index (χ1) is 12.8. The van der Waals surface area contributed by atoms with Gasteiger partial charge in [-0.1, -0.05) is 30.3 Å². The molecule has 8 heteroatoms. The van der Waals surface area contributed by atoms with Gasteiger partial charge in [-0.3, -0.25) is 4.79 Å². The fourth-order valence-electron chi connectivity index (χ4n) is 2.59. The number of benzene rings is 2. The van der Waals surface area contributed by atoms with Crippen molar-refractivity contribution in [2.24, 2.45) is 5.14 Å². The number of sulfonamides is 1. The Kier molecular flexibility index (Phi) is 5.38. The van der Waals surface area contributed by atoms with Crippen LogP contribution in [0.5, 0.6) is 0 Å². The smallest absolute Gasteiger partial charge is 0.238 e. The van der Waals surface area contributed by atoms with Gasteiger partial charge in [0.1, 0.15) is 6.26 Å². The topological polar surface area (TPSA) is 115 Å². The summed E-state index contributed by atoms with van der Waals surface area (Å²) in [6.07, 6.45) is 1.55. The van der Waals surface area contributed by atoms with Gasteiger partial charge in [0.15, 0.2) is 0 Å². The summed E-state index contributed by atoms with van der Waals surface area (Å²) in [4.78, 5) is 16.6. The zero-order chi connectivity index (χ0) is 19.4. The second-order valence-corrected chi connectivity index (χ2v) is 7.65. The lowest BCUT2D eigenvalue weighted by molar-refractivity contribution is -0.121. The molecule has 3 aromatic rings. The molecule has 2 aromatic carbocycles. The van der Waals surface area contributed by atoms with E-state index in [1.54, 1.807) is 12.1 Å². The van der Waals surface area contributed by atoms with Crippen LogP contribution in [0.1, 0.15) is 24.2 Å². The van der Waals surface area contributed by atoms with E-state index < -0.39 is 10.0 Å². The van der Waals surface area contributed by atoms with Gasteiger partial charge in [0.05, 0.1) is 23.1 Å². The molecule has 0 spiro atoms. The van der Waals surface area contributed by atoms with Crippen molar-refractivity contribution in [1.29, 1.82) is 0 Å². The molecule has 3 rings (SSSR count). The minimum absolute atomic E-state index is 0.0285. The molecule has 1 unspecified atom stereocenters. The summed E-state index contributed by atoms with van der Waals surface area (Å²) in [6, 6.07) is 15.2. The van der Waals surface area contributed by atoms with Crippen molar-refractivity contribution in [3.05, 3.63) is 72.1 Å². The highest BCUT2D eigenvalue weighted by atomic mass is 32.2. The highest BCUT2D eigenvalue weighted by molar-refractivity contribution is 7.89. The van der Waals surface area contributed by atoms with Crippen LogP contribution in [0.15, 0.2) is 70.2 Å². The summed E-state index contributed by atoms with van der Waals surface area (Å²) in [7, 11) is -3.74. The Morgan fingerprint density at radius 1 is 1.15 bits per heavy atom. The van der Waals surface area contributed by atoms with Gasteiger partial charge in [0, 0.05) is 5.56 Å². The van der Waals surface area contributed by atoms with Crippen molar-refractivity contribution in [2.75, 3.05) is 0 Å². The van der Waals surface area contributed by atoms with Crippen LogP contribution in [-0.4, -0.2) is 19.3 Å². The normalized spacial score (nSPS) is 12.5. The maximum atomic E-state index is 12.3. The van der Waals surface area contributed by atoms with E-state index in [1.165, 1.54) is 18.4 Å². The van der Waals surface area contributed by atoms with E-state index in [0.717, 1.165) is 11.1 Å². The molecule has 1 aromatic heterocycles. The molecule has 0 aliphatic rings. The number of oxazole rings is 1. The zero-order valence-electron chi connectivity index (χ0n) is 14.6. The quantitative estimate of drug-likeness (QED) is 0.676. The predicted octanol–water partition coefficient (Wildman–Crippen LogP) is 2.41. The van der Waals surface area contributed by atoms with Gasteiger partial charge in [-0.25, -0.2) is 18.5 Å². The highest BCUT2D eigenvalue weighted by Gasteiger charge is 2.14. The number of hydrogen-bond donors (Lipinski definition) is 2. The largest absolute Gasteiger partial charge is 0.444 e. The molecule has 1 atom stereocenters. The van der Waals surface area contributed by atoms with Gasteiger partial charge in [-0.15, -0.1) is 0 Å². The Balaban J connectivity index is 1.61. The fraction of sp³-hybridized carbons (Fsp3) is 0.158. The summed E-state index contributed by atoms with van der Waals surface area (Å²) in [5.41, 5.74) is 2.14. The van der Waals surface area contributed by atoms with Gasteiger partial charge in [-0.2, -0.15) is 0 Å². The molecule has 3 N–H and O–H groups in total. The molecular weight excluding hydrogens is 366 g/mol. The summed E-state index contributed by atoms with van der Waals surface area (Å²) in [5.74, 6) is 0.246. The molecule has 0 aliphatic heterocycles. The van der Waals surface area contributed by atoms with E-state index >= 15 is 0 Å². The average Bonchev–Trinajstić information content (AvgIpc) is 3.10. The molecule has 0 radical (unpaired) electrons. The second kappa shape index (κ2) is 7.73. The standard InChI is InChI=1S/C19H19N3O4S/c1-13(14-7-9-17(10-8-14)27(20,24)25)21-18(23)11-16-12-26-19(22-16)15-5-3-2-4-6-15/h2-10,12-13H,11H2,1H3,(H,21,23)(H2,20,24,25). The molecular formula is C19H19N3O4S. The van der Waals surface area contributed by atoms with Crippen molar-refractivity contribution in [2.45, 2.75) is 24.3 Å². The Bertz CT molecular complexity index is 1030. The third kappa shape index (κ3) is 4.81. The van der Waals surface area contributed by atoms with E-state index in [0.29, 0.717) is 11.6 Å². The molecule has 27 heavy (non-hydrogen) atoms. The van der Waals surface area contributed by atoms with E-state index in [2.05, 4.69) is 10.3 Å². The number of primary sulfonamides is 1. The lowest BCUT2D eigenvalue weighted by Crippen LogP contribution is -2.28. The maximum absolute atomic E-state index is 12.3. The first-order valence-corrected chi connectivity index (χ1v) is 9.79. The van der Waals surface area contributed by atoms with Crippen molar-refractivity contribution in [3.63, 3.8) is 0 Å². The first kappa shape index (κ1) is 18.8. The Morgan fingerprint density at radius 2 is 1.81 bits per heavy atom. The minimum Gasteiger partial charge on any atom is -0.444 e. The Labute approximate surface area is 157 Å². The summed E-state index contributed by atoms with van der Waals surface area (Å²) >= 11 is 0. The molecule has 1 heterocycles. The number of carbonyl (C=O) groups is 1. The summed E-state index contributed by atoms with van der Waals surface area (Å²) in [6.45, 7) is 1.81. The van der Waals surface area contributed by atoms with Crippen LogP contribution < -0.4 is 10.5 Å². The van der Waals surface area contributed by atoms with Gasteiger partial charge in [-0.05, 0) is 36.8 Å². The number of aromatic nitrogens is 1. The van der Waals surface area contributed by atoms with Crippen molar-refractivity contribution in [1.82, 2.24) is 10.3 Å². The van der Waals surface area contributed by atoms with Crippen LogP contribution in [0.4, 0.5) is 0 Å². The first-order valence-electron chi connectivity index (χ1n) is 8.25. The number of nitrogens with one attached hydrogen (secondary N) is 1. The molecule has 140 valence electrons. The number of hydrogen-bond acceptors (Lipinski definition) is 5. The number of rotatable bonds is 6. The average molecular weight is 385 g/mol. The molecule has 0 fully saturated rings. The molecule has 1 amide bonds. The second-order valence-electron chi connectivity index (χ2n) is 6.09. The van der Waals surface area contributed by atoms with Crippen LogP contribution in [0.2, 0.25) is 0 Å². The highest BCUT2D eigenvalue weighted by Crippen LogP contribution is 2.19. The van der Waals surface area contributed by atoms with E-state index in [9.17, 15) is 13.2 Å². The molecule has 0 saturated heterocycles. The van der Waals surface area contributed by atoms with Crippen LogP contribution in [0.25, 0.3) is 11.5 Å². The Morgan fingerprint density at radius 3 is 2.44 bits per heavy atom. The predicted molar refractivity (Wildman–Crippen MR) is 100 cm³/mol. The minimum atomic E-state index is -3.74. The SMILES string of the molecule is CC(NC(=O)Cc1coc(-c2ccccc2)n1)c1ccc(S(N)(=O)=O)cc1. The Hall–Kier alpha value is -2.97. The lowest BCUT2D eigenvalue weighted by Gasteiger charge is -2.14. The van der Waals surface area contributed by atoms with E-state index in [1.807, 2.05) is 37.3 Å². The van der Waals surface area contributed by atoms with Crippen LogP contribution in [-0.2, 0) is 21.2 Å². The fourth-order valence-corrected chi connectivity index (χ4v) is 3.10. The molecule has 0 aliphatic carbocycles. The van der Waals surface area contributed by atoms with Crippen molar-refractivity contribution >= 4 is 15.9 Å². The zero-order valence-corrected chi connectivity index (χ0v) is 15.4. The summed E-state index contributed by atoms with van der Waals surface area (Å²) in [5, 5.41) is 7.93. The van der Waals surface area contributed by atoms with Gasteiger partial charge in [0.25, 0.3) is 0 Å². The van der Waals surface area contributed by atoms with Crippen LogP contribution in [0, 0.1) is 0 Å². The van der Waals surface area contributed by atoms with Crippen molar-refractivity contribution in [3.8, 4) is 11.5 Å². The molecule has 7 nitrogen and oxygen atoms in total. The van der Waals surface area contributed by atoms with Gasteiger partial charge in [0.2, 0.25) is 21.8 Å². The summed E-state index contributed by atoms with van der Waals surface area (Å²) < 4.78 is 28.0. The lowest BCUT2D eigenvalue weighted by atomic mass is 10.1. The number of carbonyl (C=O) groups excluding carboxylic acids is 1. The molecule has 0 saturated carbocycles. The number of amides is 1. The van der Waals surface area contributed by atoms with Crippen LogP contribution in [0.3, 0.4) is 0 Å². The van der Waals surface area contributed by atoms with Crippen molar-refractivity contribution < 1.29 is 17.6 Å². The number of nitrogens with two attached hydrogens (primary N) is 1. The third-order valence-electron chi connectivity index (χ3n) is 4.00. The van der Waals surface area contributed by atoms with Crippen LogP contribution >= 0.6 is 0 Å².